The third-order valence-electron chi connectivity index (χ3n) is 2.53. The molecule has 2 heterocycles. The van der Waals surface area contributed by atoms with Crippen LogP contribution in [0, 0.1) is 0 Å². The Balaban J connectivity index is 2.17. The van der Waals surface area contributed by atoms with Gasteiger partial charge in [-0.15, -0.1) is 0 Å². The summed E-state index contributed by atoms with van der Waals surface area (Å²) in [6.45, 7) is 1.81. The average molecular weight is 225 g/mol. The molecule has 0 aliphatic carbocycles. The maximum atomic E-state index is 6.04. The third kappa shape index (κ3) is 1.07. The van der Waals surface area contributed by atoms with Gasteiger partial charge in [0.15, 0.2) is 6.29 Å². The molecule has 0 bridgehead atoms. The number of fused-ring (bicyclic) bond motifs is 2. The molecule has 1 fully saturated rings. The Labute approximate surface area is 91.6 Å². The number of nitrogens with zero attached hydrogens (tertiary/aromatic N) is 1. The van der Waals surface area contributed by atoms with E-state index in [1.54, 1.807) is 13.0 Å². The van der Waals surface area contributed by atoms with Gasteiger partial charge in [-0.1, -0.05) is 23.7 Å². The summed E-state index contributed by atoms with van der Waals surface area (Å²) in [5, 5.41) is 0.567. The number of benzene rings is 1. The van der Waals surface area contributed by atoms with Gasteiger partial charge in [0.05, 0.1) is 5.02 Å². The molecule has 15 heavy (non-hydrogen) atoms. The van der Waals surface area contributed by atoms with E-state index in [0.717, 1.165) is 5.56 Å². The maximum absolute atomic E-state index is 6.04. The number of ether oxygens (including phenoxy) is 2. The molecule has 2 N–H and O–H groups in total. The van der Waals surface area contributed by atoms with E-state index in [1.807, 2.05) is 12.1 Å². The molecule has 1 spiro atoms. The van der Waals surface area contributed by atoms with E-state index >= 15 is 0 Å². The highest BCUT2D eigenvalue weighted by Gasteiger charge is 2.52. The first-order chi connectivity index (χ1) is 7.12. The molecule has 0 unspecified atom stereocenters. The fourth-order valence-corrected chi connectivity index (χ4v) is 2.23. The van der Waals surface area contributed by atoms with Crippen molar-refractivity contribution in [2.45, 2.75) is 19.1 Å². The van der Waals surface area contributed by atoms with Crippen LogP contribution in [-0.4, -0.2) is 12.1 Å². The quantitative estimate of drug-likeness (QED) is 0.728. The summed E-state index contributed by atoms with van der Waals surface area (Å²) in [5.74, 6) is -0.675. The van der Waals surface area contributed by atoms with Gasteiger partial charge in [-0.25, -0.2) is 4.99 Å². The molecule has 78 valence electrons. The van der Waals surface area contributed by atoms with Gasteiger partial charge in [-0.05, 0) is 13.0 Å². The van der Waals surface area contributed by atoms with Gasteiger partial charge in [-0.3, -0.25) is 9.47 Å². The molecule has 0 aromatic heterocycles. The summed E-state index contributed by atoms with van der Waals surface area (Å²) >= 11 is 6.04. The van der Waals surface area contributed by atoms with Crippen molar-refractivity contribution in [2.75, 3.05) is 0 Å². The second-order valence-electron chi connectivity index (χ2n) is 3.54. The molecule has 1 saturated heterocycles. The highest BCUT2D eigenvalue weighted by atomic mass is 35.5. The molecule has 2 aliphatic heterocycles. The topological polar surface area (TPSA) is 56.8 Å². The number of halogens is 1. The Morgan fingerprint density at radius 1 is 1.47 bits per heavy atom. The van der Waals surface area contributed by atoms with E-state index in [4.69, 9.17) is 26.8 Å². The lowest BCUT2D eigenvalue weighted by Gasteiger charge is -2.41. The first-order valence-electron chi connectivity index (χ1n) is 4.63. The molecule has 2 aliphatic rings. The van der Waals surface area contributed by atoms with Crippen molar-refractivity contribution < 1.29 is 9.47 Å². The lowest BCUT2D eigenvalue weighted by Crippen LogP contribution is -2.47. The van der Waals surface area contributed by atoms with Gasteiger partial charge in [0.25, 0.3) is 0 Å². The monoisotopic (exact) mass is 224 g/mol. The summed E-state index contributed by atoms with van der Waals surface area (Å²) in [4.78, 5) is 4.17. The van der Waals surface area contributed by atoms with Crippen LogP contribution in [0.1, 0.15) is 18.1 Å². The minimum absolute atomic E-state index is 0.258. The highest BCUT2D eigenvalue weighted by molar-refractivity contribution is 6.34. The van der Waals surface area contributed by atoms with Crippen LogP contribution in [0.15, 0.2) is 23.2 Å². The van der Waals surface area contributed by atoms with Gasteiger partial charge in [-0.2, -0.15) is 0 Å². The normalized spacial score (nSPS) is 32.4. The summed E-state index contributed by atoms with van der Waals surface area (Å²) in [6, 6.07) is 5.45. The van der Waals surface area contributed by atoms with Gasteiger partial charge in [0.1, 0.15) is 5.84 Å². The number of hydrogen-bond acceptors (Lipinski definition) is 4. The molecular weight excluding hydrogens is 216 g/mol. The predicted octanol–water partition coefficient (Wildman–Crippen LogP) is 1.56. The van der Waals surface area contributed by atoms with Crippen LogP contribution in [0.5, 0.6) is 0 Å². The second kappa shape index (κ2) is 2.72. The van der Waals surface area contributed by atoms with Gasteiger partial charge in [0, 0.05) is 11.1 Å². The number of nitrogens with two attached hydrogens (primary N) is 1. The van der Waals surface area contributed by atoms with E-state index in [0.29, 0.717) is 16.4 Å². The van der Waals surface area contributed by atoms with Crippen molar-refractivity contribution in [3.63, 3.8) is 0 Å². The fraction of sp³-hybridized carbons (Fsp3) is 0.300. The molecule has 5 heteroatoms. The van der Waals surface area contributed by atoms with Crippen LogP contribution < -0.4 is 5.73 Å². The molecule has 1 aromatic carbocycles. The van der Waals surface area contributed by atoms with E-state index in [2.05, 4.69) is 4.99 Å². The van der Waals surface area contributed by atoms with Crippen molar-refractivity contribution in [3.05, 3.63) is 34.3 Å². The Morgan fingerprint density at radius 3 is 2.87 bits per heavy atom. The van der Waals surface area contributed by atoms with Crippen LogP contribution in [0.2, 0.25) is 5.02 Å². The minimum Gasteiger partial charge on any atom is -0.383 e. The maximum Gasteiger partial charge on any atom is 0.305 e. The highest BCUT2D eigenvalue weighted by Crippen LogP contribution is 2.46. The third-order valence-corrected chi connectivity index (χ3v) is 2.84. The molecule has 3 rings (SSSR count). The smallest absolute Gasteiger partial charge is 0.305 e. The van der Waals surface area contributed by atoms with Gasteiger partial charge >= 0.3 is 5.91 Å². The largest absolute Gasteiger partial charge is 0.383 e. The van der Waals surface area contributed by atoms with Crippen LogP contribution in [-0.2, 0) is 15.4 Å². The first kappa shape index (κ1) is 9.15. The average Bonchev–Trinajstić information content (AvgIpc) is 2.41. The number of amidine groups is 1. The molecule has 4 nitrogen and oxygen atoms in total. The standard InChI is InChI=1S/C10H9ClN2O2/c1-5-14-10(15-5)6-3-2-4-7(11)8(6)9(12)13-10/h2-5H,1H3,(H2,12,13). The van der Waals surface area contributed by atoms with Gasteiger partial charge in [0.2, 0.25) is 0 Å². The molecule has 0 amide bonds. The second-order valence-corrected chi connectivity index (χ2v) is 3.95. The Morgan fingerprint density at radius 2 is 2.20 bits per heavy atom. The molecule has 0 saturated carbocycles. The van der Waals surface area contributed by atoms with E-state index in [-0.39, 0.29) is 6.29 Å². The molecule has 0 atom stereocenters. The van der Waals surface area contributed by atoms with Crippen LogP contribution in [0.4, 0.5) is 0 Å². The van der Waals surface area contributed by atoms with E-state index < -0.39 is 5.91 Å². The van der Waals surface area contributed by atoms with E-state index in [1.165, 1.54) is 0 Å². The number of aliphatic imine (C=N–C) groups is 1. The summed E-state index contributed by atoms with van der Waals surface area (Å²) < 4.78 is 11.0. The lowest BCUT2D eigenvalue weighted by molar-refractivity contribution is -0.451. The molecule has 1 aromatic rings. The molecular formula is C10H9ClN2O2. The van der Waals surface area contributed by atoms with Crippen LogP contribution in [0.3, 0.4) is 0 Å². The predicted molar refractivity (Wildman–Crippen MR) is 55.5 cm³/mol. The van der Waals surface area contributed by atoms with Gasteiger partial charge < -0.3 is 5.73 Å². The zero-order chi connectivity index (χ0) is 10.6. The Hall–Kier alpha value is -1.10. The fourth-order valence-electron chi connectivity index (χ4n) is 1.96. The Kier molecular flexibility index (Phi) is 1.66. The minimum atomic E-state index is -1.04. The summed E-state index contributed by atoms with van der Waals surface area (Å²) in [6.07, 6.45) is -0.258. The zero-order valence-corrected chi connectivity index (χ0v) is 8.78. The Bertz CT molecular complexity index is 466. The summed E-state index contributed by atoms with van der Waals surface area (Å²) in [7, 11) is 0. The molecule has 0 radical (unpaired) electrons. The number of hydrogen-bond donors (Lipinski definition) is 1. The van der Waals surface area contributed by atoms with Crippen molar-refractivity contribution >= 4 is 17.4 Å². The SMILES string of the molecule is CC1OC2(N=C(N)c3c(Cl)cccc32)O1. The summed E-state index contributed by atoms with van der Waals surface area (Å²) in [5.41, 5.74) is 7.28. The van der Waals surface area contributed by atoms with Crippen LogP contribution >= 0.6 is 11.6 Å². The number of rotatable bonds is 0. The van der Waals surface area contributed by atoms with E-state index in [9.17, 15) is 0 Å². The van der Waals surface area contributed by atoms with Crippen molar-refractivity contribution in [3.8, 4) is 0 Å². The lowest BCUT2D eigenvalue weighted by atomic mass is 10.1. The zero-order valence-electron chi connectivity index (χ0n) is 8.03. The van der Waals surface area contributed by atoms with Crippen LogP contribution in [0.25, 0.3) is 0 Å². The van der Waals surface area contributed by atoms with Crippen molar-refractivity contribution in [1.82, 2.24) is 0 Å². The van der Waals surface area contributed by atoms with Crippen molar-refractivity contribution in [1.29, 1.82) is 0 Å². The first-order valence-corrected chi connectivity index (χ1v) is 5.00. The van der Waals surface area contributed by atoms with Crippen molar-refractivity contribution in [2.24, 2.45) is 10.7 Å².